The zero-order valence-electron chi connectivity index (χ0n) is 12.4. The van der Waals surface area contributed by atoms with Crippen molar-refractivity contribution in [1.29, 1.82) is 0 Å². The summed E-state index contributed by atoms with van der Waals surface area (Å²) in [7, 11) is 0. The van der Waals surface area contributed by atoms with Crippen LogP contribution in [0.2, 0.25) is 0 Å². The standard InChI is InChI=1S/C17H23N3/c1-12-7-13(2)9-14(8-12)15(18)10-20-11-19-16-5-3-4-6-17(16)20/h7-9,11,15H,3-6,10,18H2,1-2H3. The molecule has 1 aromatic carbocycles. The van der Waals surface area contributed by atoms with Gasteiger partial charge >= 0.3 is 0 Å². The molecule has 106 valence electrons. The number of aryl methyl sites for hydroxylation is 3. The van der Waals surface area contributed by atoms with Crippen molar-refractivity contribution in [2.24, 2.45) is 5.73 Å². The van der Waals surface area contributed by atoms with Gasteiger partial charge < -0.3 is 10.3 Å². The molecule has 1 aliphatic carbocycles. The van der Waals surface area contributed by atoms with E-state index in [0.29, 0.717) is 0 Å². The average molecular weight is 269 g/mol. The van der Waals surface area contributed by atoms with E-state index in [4.69, 9.17) is 5.73 Å². The van der Waals surface area contributed by atoms with Gasteiger partial charge in [-0.3, -0.25) is 0 Å². The topological polar surface area (TPSA) is 43.8 Å². The molecule has 2 N–H and O–H groups in total. The Bertz CT molecular complexity index is 592. The number of aromatic nitrogens is 2. The number of fused-ring (bicyclic) bond motifs is 1. The Labute approximate surface area is 120 Å². The molecule has 0 amide bonds. The van der Waals surface area contributed by atoms with Crippen molar-refractivity contribution in [3.63, 3.8) is 0 Å². The number of imidazole rings is 1. The van der Waals surface area contributed by atoms with Gasteiger partial charge in [0.15, 0.2) is 0 Å². The maximum absolute atomic E-state index is 6.41. The molecule has 0 spiro atoms. The number of nitrogens with zero attached hydrogens (tertiary/aromatic N) is 2. The zero-order chi connectivity index (χ0) is 14.1. The summed E-state index contributed by atoms with van der Waals surface area (Å²) in [6, 6.07) is 6.62. The van der Waals surface area contributed by atoms with Crippen LogP contribution in [0.15, 0.2) is 24.5 Å². The fourth-order valence-electron chi connectivity index (χ4n) is 3.23. The molecule has 2 aromatic rings. The van der Waals surface area contributed by atoms with Gasteiger partial charge in [0, 0.05) is 18.3 Å². The first kappa shape index (κ1) is 13.4. The predicted octanol–water partition coefficient (Wildman–Crippen LogP) is 3.08. The summed E-state index contributed by atoms with van der Waals surface area (Å²) >= 11 is 0. The lowest BCUT2D eigenvalue weighted by atomic mass is 10.00. The summed E-state index contributed by atoms with van der Waals surface area (Å²) in [4.78, 5) is 4.55. The zero-order valence-corrected chi connectivity index (χ0v) is 12.4. The van der Waals surface area contributed by atoms with Crippen molar-refractivity contribution < 1.29 is 0 Å². The third-order valence-electron chi connectivity index (χ3n) is 4.18. The summed E-state index contributed by atoms with van der Waals surface area (Å²) in [6.45, 7) is 5.08. The monoisotopic (exact) mass is 269 g/mol. The van der Waals surface area contributed by atoms with Crippen molar-refractivity contribution >= 4 is 0 Å². The fourth-order valence-corrected chi connectivity index (χ4v) is 3.23. The Morgan fingerprint density at radius 3 is 2.60 bits per heavy atom. The highest BCUT2D eigenvalue weighted by Gasteiger charge is 2.17. The van der Waals surface area contributed by atoms with E-state index in [1.165, 1.54) is 40.9 Å². The maximum Gasteiger partial charge on any atom is 0.0952 e. The van der Waals surface area contributed by atoms with Crippen LogP contribution in [0.25, 0.3) is 0 Å². The van der Waals surface area contributed by atoms with Crippen molar-refractivity contribution in [3.05, 3.63) is 52.6 Å². The van der Waals surface area contributed by atoms with E-state index in [-0.39, 0.29) is 6.04 Å². The first-order valence-electron chi connectivity index (χ1n) is 7.50. The lowest BCUT2D eigenvalue weighted by molar-refractivity contribution is 0.541. The van der Waals surface area contributed by atoms with Crippen LogP contribution in [0.4, 0.5) is 0 Å². The van der Waals surface area contributed by atoms with E-state index in [9.17, 15) is 0 Å². The molecule has 3 nitrogen and oxygen atoms in total. The summed E-state index contributed by atoms with van der Waals surface area (Å²) in [5.41, 5.74) is 12.9. The van der Waals surface area contributed by atoms with Gasteiger partial charge in [-0.25, -0.2) is 4.98 Å². The second kappa shape index (κ2) is 5.41. The Hall–Kier alpha value is -1.61. The Balaban J connectivity index is 1.82. The lowest BCUT2D eigenvalue weighted by Crippen LogP contribution is -2.19. The molecule has 3 rings (SSSR count). The number of rotatable bonds is 3. The molecular weight excluding hydrogens is 246 g/mol. The van der Waals surface area contributed by atoms with Gasteiger partial charge in [0.1, 0.15) is 0 Å². The summed E-state index contributed by atoms with van der Waals surface area (Å²) in [5, 5.41) is 0. The fraction of sp³-hybridized carbons (Fsp3) is 0.471. The van der Waals surface area contributed by atoms with Crippen LogP contribution in [0.3, 0.4) is 0 Å². The number of hydrogen-bond donors (Lipinski definition) is 1. The second-order valence-corrected chi connectivity index (χ2v) is 6.02. The molecule has 1 unspecified atom stereocenters. The number of nitrogens with two attached hydrogens (primary N) is 1. The highest BCUT2D eigenvalue weighted by Crippen LogP contribution is 2.22. The molecule has 1 aliphatic rings. The minimum absolute atomic E-state index is 0.0360. The smallest absolute Gasteiger partial charge is 0.0952 e. The third-order valence-corrected chi connectivity index (χ3v) is 4.18. The molecule has 0 saturated heterocycles. The highest BCUT2D eigenvalue weighted by molar-refractivity contribution is 5.30. The van der Waals surface area contributed by atoms with E-state index in [0.717, 1.165) is 19.4 Å². The average Bonchev–Trinajstić information content (AvgIpc) is 2.81. The van der Waals surface area contributed by atoms with E-state index in [1.807, 2.05) is 6.33 Å². The van der Waals surface area contributed by atoms with Crippen molar-refractivity contribution in [2.75, 3.05) is 0 Å². The largest absolute Gasteiger partial charge is 0.332 e. The van der Waals surface area contributed by atoms with E-state index < -0.39 is 0 Å². The third kappa shape index (κ3) is 2.63. The Morgan fingerprint density at radius 2 is 1.85 bits per heavy atom. The van der Waals surface area contributed by atoms with E-state index >= 15 is 0 Å². The Kier molecular flexibility index (Phi) is 3.62. The first-order chi connectivity index (χ1) is 9.63. The van der Waals surface area contributed by atoms with Gasteiger partial charge in [0.25, 0.3) is 0 Å². The number of hydrogen-bond acceptors (Lipinski definition) is 2. The van der Waals surface area contributed by atoms with Gasteiger partial charge in [0.05, 0.1) is 12.0 Å². The molecule has 0 radical (unpaired) electrons. The normalized spacial score (nSPS) is 15.9. The maximum atomic E-state index is 6.41. The highest BCUT2D eigenvalue weighted by atomic mass is 15.1. The lowest BCUT2D eigenvalue weighted by Gasteiger charge is -2.18. The van der Waals surface area contributed by atoms with Gasteiger partial charge in [-0.1, -0.05) is 29.3 Å². The second-order valence-electron chi connectivity index (χ2n) is 6.02. The summed E-state index contributed by atoms with van der Waals surface area (Å²) in [6.07, 6.45) is 6.79. The molecule has 1 atom stereocenters. The van der Waals surface area contributed by atoms with Crippen LogP contribution in [0.5, 0.6) is 0 Å². The van der Waals surface area contributed by atoms with Crippen molar-refractivity contribution in [3.8, 4) is 0 Å². The van der Waals surface area contributed by atoms with Crippen LogP contribution >= 0.6 is 0 Å². The molecule has 20 heavy (non-hydrogen) atoms. The van der Waals surface area contributed by atoms with Crippen LogP contribution < -0.4 is 5.73 Å². The molecule has 0 saturated carbocycles. The van der Waals surface area contributed by atoms with Crippen molar-refractivity contribution in [2.45, 2.75) is 52.1 Å². The molecule has 1 aromatic heterocycles. The van der Waals surface area contributed by atoms with E-state index in [2.05, 4.69) is 41.6 Å². The quantitative estimate of drug-likeness (QED) is 0.930. The van der Waals surface area contributed by atoms with Gasteiger partial charge in [0.2, 0.25) is 0 Å². The van der Waals surface area contributed by atoms with Gasteiger partial charge in [-0.05, 0) is 45.1 Å². The Morgan fingerprint density at radius 1 is 1.15 bits per heavy atom. The molecule has 3 heteroatoms. The molecule has 0 fully saturated rings. The van der Waals surface area contributed by atoms with E-state index in [1.54, 1.807) is 0 Å². The first-order valence-corrected chi connectivity index (χ1v) is 7.50. The van der Waals surface area contributed by atoms with Crippen molar-refractivity contribution in [1.82, 2.24) is 9.55 Å². The molecule has 0 bridgehead atoms. The van der Waals surface area contributed by atoms with Crippen LogP contribution in [0.1, 0.15) is 47.0 Å². The minimum Gasteiger partial charge on any atom is -0.332 e. The summed E-state index contributed by atoms with van der Waals surface area (Å²) < 4.78 is 2.26. The van der Waals surface area contributed by atoms with Crippen LogP contribution in [-0.4, -0.2) is 9.55 Å². The SMILES string of the molecule is Cc1cc(C)cc(C(N)Cn2cnc3c2CCCC3)c1. The van der Waals surface area contributed by atoms with Crippen LogP contribution in [0, 0.1) is 13.8 Å². The molecule has 1 heterocycles. The molecule has 0 aliphatic heterocycles. The number of benzene rings is 1. The van der Waals surface area contributed by atoms with Gasteiger partial charge in [-0.15, -0.1) is 0 Å². The summed E-state index contributed by atoms with van der Waals surface area (Å²) in [5.74, 6) is 0. The molecular formula is C17H23N3. The predicted molar refractivity (Wildman–Crippen MR) is 81.7 cm³/mol. The van der Waals surface area contributed by atoms with Gasteiger partial charge in [-0.2, -0.15) is 0 Å². The minimum atomic E-state index is 0.0360. The van der Waals surface area contributed by atoms with Crippen LogP contribution in [-0.2, 0) is 19.4 Å².